The van der Waals surface area contributed by atoms with Gasteiger partial charge in [0.15, 0.2) is 0 Å². The van der Waals surface area contributed by atoms with E-state index in [2.05, 4.69) is 16.6 Å². The van der Waals surface area contributed by atoms with Gasteiger partial charge in [-0.25, -0.2) is 0 Å². The van der Waals surface area contributed by atoms with Crippen LogP contribution in [0.2, 0.25) is 5.02 Å². The van der Waals surface area contributed by atoms with Crippen molar-refractivity contribution in [1.29, 1.82) is 0 Å². The van der Waals surface area contributed by atoms with Crippen LogP contribution in [0.4, 0.5) is 5.69 Å². The molecule has 1 aromatic rings. The van der Waals surface area contributed by atoms with Crippen LogP contribution in [0, 0.1) is 0 Å². The number of halogens is 1. The fourth-order valence-electron chi connectivity index (χ4n) is 2.16. The molecule has 4 heteroatoms. The average Bonchev–Trinajstić information content (AvgIpc) is 2.33. The molecule has 0 aliphatic heterocycles. The molecule has 1 fully saturated rings. The van der Waals surface area contributed by atoms with E-state index in [1.807, 2.05) is 17.8 Å². The number of thioether (sulfide) groups is 1. The number of rotatable bonds is 3. The lowest BCUT2D eigenvalue weighted by atomic mass is 9.95. The lowest BCUT2D eigenvalue weighted by Gasteiger charge is -2.28. The molecule has 1 heterocycles. The smallest absolute Gasteiger partial charge is 0.0820 e. The molecular weight excluding hydrogens is 240 g/mol. The van der Waals surface area contributed by atoms with E-state index in [1.165, 1.54) is 25.7 Å². The SMILES string of the molecule is CSC1CCC(Nc2ccncc2Cl)CC1. The monoisotopic (exact) mass is 256 g/mol. The van der Waals surface area contributed by atoms with Crippen molar-refractivity contribution in [3.63, 3.8) is 0 Å². The molecule has 16 heavy (non-hydrogen) atoms. The third-order valence-electron chi connectivity index (χ3n) is 3.14. The Morgan fingerprint density at radius 1 is 1.38 bits per heavy atom. The number of hydrogen-bond donors (Lipinski definition) is 1. The summed E-state index contributed by atoms with van der Waals surface area (Å²) in [4.78, 5) is 3.99. The molecule has 0 atom stereocenters. The maximum absolute atomic E-state index is 6.07. The highest BCUT2D eigenvalue weighted by atomic mass is 35.5. The van der Waals surface area contributed by atoms with Gasteiger partial charge >= 0.3 is 0 Å². The lowest BCUT2D eigenvalue weighted by molar-refractivity contribution is 0.473. The highest BCUT2D eigenvalue weighted by molar-refractivity contribution is 7.99. The zero-order valence-electron chi connectivity index (χ0n) is 9.45. The van der Waals surface area contributed by atoms with E-state index < -0.39 is 0 Å². The average molecular weight is 257 g/mol. The normalized spacial score (nSPS) is 25.4. The highest BCUT2D eigenvalue weighted by Crippen LogP contribution is 2.30. The van der Waals surface area contributed by atoms with Gasteiger partial charge in [0.25, 0.3) is 0 Å². The third kappa shape index (κ3) is 3.05. The van der Waals surface area contributed by atoms with Gasteiger partial charge in [0.05, 0.1) is 10.7 Å². The van der Waals surface area contributed by atoms with Gasteiger partial charge < -0.3 is 5.32 Å². The Bertz CT molecular complexity index is 338. The third-order valence-corrected chi connectivity index (χ3v) is 4.58. The first-order valence-corrected chi connectivity index (χ1v) is 7.35. The molecule has 1 aliphatic rings. The Kier molecular flexibility index (Phi) is 4.36. The van der Waals surface area contributed by atoms with Crippen LogP contribution < -0.4 is 5.32 Å². The number of nitrogens with one attached hydrogen (secondary N) is 1. The topological polar surface area (TPSA) is 24.9 Å². The van der Waals surface area contributed by atoms with Crippen LogP contribution >= 0.6 is 23.4 Å². The van der Waals surface area contributed by atoms with Crippen LogP contribution in [0.15, 0.2) is 18.5 Å². The molecule has 0 unspecified atom stereocenters. The van der Waals surface area contributed by atoms with E-state index in [1.54, 1.807) is 12.4 Å². The largest absolute Gasteiger partial charge is 0.381 e. The molecule has 0 spiro atoms. The lowest BCUT2D eigenvalue weighted by Crippen LogP contribution is -2.27. The van der Waals surface area contributed by atoms with Crippen molar-refractivity contribution in [3.05, 3.63) is 23.5 Å². The number of nitrogens with zero attached hydrogens (tertiary/aromatic N) is 1. The summed E-state index contributed by atoms with van der Waals surface area (Å²) in [6.07, 6.45) is 10.8. The zero-order valence-corrected chi connectivity index (χ0v) is 11.0. The first-order valence-electron chi connectivity index (χ1n) is 5.68. The summed E-state index contributed by atoms with van der Waals surface area (Å²) in [5, 5.41) is 5.08. The van der Waals surface area contributed by atoms with Crippen molar-refractivity contribution >= 4 is 29.1 Å². The fourth-order valence-corrected chi connectivity index (χ4v) is 3.07. The quantitative estimate of drug-likeness (QED) is 0.890. The molecule has 1 saturated carbocycles. The summed E-state index contributed by atoms with van der Waals surface area (Å²) in [6, 6.07) is 2.52. The number of anilines is 1. The van der Waals surface area contributed by atoms with E-state index in [4.69, 9.17) is 11.6 Å². The van der Waals surface area contributed by atoms with Crippen molar-refractivity contribution in [2.75, 3.05) is 11.6 Å². The molecule has 1 aromatic heterocycles. The van der Waals surface area contributed by atoms with Gasteiger partial charge in [0, 0.05) is 23.7 Å². The summed E-state index contributed by atoms with van der Waals surface area (Å²) < 4.78 is 0. The molecule has 0 saturated heterocycles. The Morgan fingerprint density at radius 3 is 2.75 bits per heavy atom. The second-order valence-corrected chi connectivity index (χ2v) is 5.75. The Morgan fingerprint density at radius 2 is 2.12 bits per heavy atom. The van der Waals surface area contributed by atoms with Crippen LogP contribution in [-0.4, -0.2) is 22.5 Å². The molecule has 2 rings (SSSR count). The Labute approximate surface area is 106 Å². The van der Waals surface area contributed by atoms with Gasteiger partial charge in [0.2, 0.25) is 0 Å². The van der Waals surface area contributed by atoms with Gasteiger partial charge in [0.1, 0.15) is 0 Å². The Balaban J connectivity index is 1.89. The maximum Gasteiger partial charge on any atom is 0.0820 e. The van der Waals surface area contributed by atoms with Crippen LogP contribution in [0.5, 0.6) is 0 Å². The summed E-state index contributed by atoms with van der Waals surface area (Å²) in [5.41, 5.74) is 1.02. The van der Waals surface area contributed by atoms with Gasteiger partial charge in [-0.05, 0) is 38.0 Å². The first kappa shape index (κ1) is 12.1. The summed E-state index contributed by atoms with van der Waals surface area (Å²) in [7, 11) is 0. The second kappa shape index (κ2) is 5.78. The van der Waals surface area contributed by atoms with Gasteiger partial charge in [-0.2, -0.15) is 11.8 Å². The summed E-state index contributed by atoms with van der Waals surface area (Å²) in [5.74, 6) is 0. The molecule has 0 bridgehead atoms. The van der Waals surface area contributed by atoms with E-state index in [0.717, 1.165) is 16.0 Å². The van der Waals surface area contributed by atoms with Gasteiger partial charge in [-0.3, -0.25) is 4.98 Å². The minimum atomic E-state index is 0.572. The zero-order chi connectivity index (χ0) is 11.4. The van der Waals surface area contributed by atoms with Crippen molar-refractivity contribution in [3.8, 4) is 0 Å². The molecule has 88 valence electrons. The van der Waals surface area contributed by atoms with Crippen LogP contribution in [0.1, 0.15) is 25.7 Å². The predicted octanol–water partition coefficient (Wildman–Crippen LogP) is 3.82. The van der Waals surface area contributed by atoms with Gasteiger partial charge in [-0.15, -0.1) is 0 Å². The maximum atomic E-state index is 6.07. The van der Waals surface area contributed by atoms with Crippen LogP contribution in [-0.2, 0) is 0 Å². The number of pyridine rings is 1. The molecule has 0 aromatic carbocycles. The number of hydrogen-bond acceptors (Lipinski definition) is 3. The van der Waals surface area contributed by atoms with Gasteiger partial charge in [-0.1, -0.05) is 11.6 Å². The molecule has 1 aliphatic carbocycles. The molecule has 1 N–H and O–H groups in total. The molecular formula is C12H17ClN2S. The Hall–Kier alpha value is -0.410. The fraction of sp³-hybridized carbons (Fsp3) is 0.583. The molecule has 0 radical (unpaired) electrons. The summed E-state index contributed by atoms with van der Waals surface area (Å²) in [6.45, 7) is 0. The second-order valence-electron chi connectivity index (χ2n) is 4.21. The minimum absolute atomic E-state index is 0.572. The van der Waals surface area contributed by atoms with Crippen LogP contribution in [0.25, 0.3) is 0 Å². The molecule has 0 amide bonds. The van der Waals surface area contributed by atoms with Crippen molar-refractivity contribution in [2.24, 2.45) is 0 Å². The highest BCUT2D eigenvalue weighted by Gasteiger charge is 2.20. The minimum Gasteiger partial charge on any atom is -0.381 e. The van der Waals surface area contributed by atoms with E-state index >= 15 is 0 Å². The van der Waals surface area contributed by atoms with Crippen molar-refractivity contribution in [2.45, 2.75) is 37.0 Å². The van der Waals surface area contributed by atoms with Crippen LogP contribution in [0.3, 0.4) is 0 Å². The number of aromatic nitrogens is 1. The standard InChI is InChI=1S/C12H17ClN2S/c1-16-10-4-2-9(3-5-10)15-12-6-7-14-8-11(12)13/h6-10H,2-5H2,1H3,(H,14,15). The first-order chi connectivity index (χ1) is 7.79. The molecule has 2 nitrogen and oxygen atoms in total. The van der Waals surface area contributed by atoms with Crippen molar-refractivity contribution in [1.82, 2.24) is 4.98 Å². The van der Waals surface area contributed by atoms with E-state index in [9.17, 15) is 0 Å². The predicted molar refractivity (Wildman–Crippen MR) is 72.4 cm³/mol. The van der Waals surface area contributed by atoms with E-state index in [0.29, 0.717) is 6.04 Å². The van der Waals surface area contributed by atoms with E-state index in [-0.39, 0.29) is 0 Å². The summed E-state index contributed by atoms with van der Waals surface area (Å²) >= 11 is 8.06. The van der Waals surface area contributed by atoms with Crippen molar-refractivity contribution < 1.29 is 0 Å².